The molecule has 156 valence electrons. The van der Waals surface area contributed by atoms with Gasteiger partial charge in [-0.25, -0.2) is 4.98 Å². The van der Waals surface area contributed by atoms with Crippen LogP contribution in [0.1, 0.15) is 5.56 Å². The maximum Gasteiger partial charge on any atom is 0.277 e. The number of carbonyl (C=O) groups is 1. The van der Waals surface area contributed by atoms with E-state index in [0.717, 1.165) is 28.5 Å². The van der Waals surface area contributed by atoms with Crippen molar-refractivity contribution in [2.45, 2.75) is 12.1 Å². The van der Waals surface area contributed by atoms with Crippen molar-refractivity contribution in [2.24, 2.45) is 0 Å². The van der Waals surface area contributed by atoms with Gasteiger partial charge in [0.25, 0.3) is 10.9 Å². The van der Waals surface area contributed by atoms with Crippen molar-refractivity contribution in [1.82, 2.24) is 15.2 Å². The number of thiazole rings is 1. The smallest absolute Gasteiger partial charge is 0.277 e. The van der Waals surface area contributed by atoms with E-state index in [0.29, 0.717) is 21.9 Å². The number of benzene rings is 2. The van der Waals surface area contributed by atoms with E-state index in [1.807, 2.05) is 31.2 Å². The molecule has 0 fully saturated rings. The first-order valence-electron chi connectivity index (χ1n) is 9.02. The molecule has 31 heavy (non-hydrogen) atoms. The molecule has 0 aliphatic carbocycles. The van der Waals surface area contributed by atoms with E-state index in [1.54, 1.807) is 17.5 Å². The zero-order valence-electron chi connectivity index (χ0n) is 16.1. The monoisotopic (exact) mass is 453 g/mol. The van der Waals surface area contributed by atoms with Crippen LogP contribution in [0.15, 0.2) is 63.6 Å². The molecule has 4 rings (SSSR count). The highest BCUT2D eigenvalue weighted by Crippen LogP contribution is 2.28. The van der Waals surface area contributed by atoms with Crippen LogP contribution in [0.5, 0.6) is 0 Å². The molecule has 0 spiro atoms. The fourth-order valence-corrected chi connectivity index (χ4v) is 3.99. The summed E-state index contributed by atoms with van der Waals surface area (Å²) in [6, 6.07) is 13.8. The number of hydrogen-bond donors (Lipinski definition) is 1. The lowest BCUT2D eigenvalue weighted by atomic mass is 10.1. The van der Waals surface area contributed by atoms with Gasteiger partial charge in [-0.1, -0.05) is 30.0 Å². The predicted octanol–water partition coefficient (Wildman–Crippen LogP) is 4.81. The van der Waals surface area contributed by atoms with E-state index in [4.69, 9.17) is 4.42 Å². The SMILES string of the molecule is Cc1ccccc1-c1nnc(SCC(=O)Nc2nc(-c3ccc([N+](=O)[O-])cc3)cs2)o1. The second-order valence-electron chi connectivity index (χ2n) is 6.37. The standard InChI is InChI=1S/C20H15N5O4S2/c1-12-4-2-3-5-15(12)18-23-24-20(29-18)31-11-17(26)22-19-21-16(10-30-19)13-6-8-14(9-7-13)25(27)28/h2-10H,11H2,1H3,(H,21,22,26). The van der Waals surface area contributed by atoms with Crippen molar-refractivity contribution < 1.29 is 14.1 Å². The molecule has 2 aromatic heterocycles. The number of non-ortho nitro benzene ring substituents is 1. The molecule has 0 radical (unpaired) electrons. The molecule has 0 bridgehead atoms. The molecule has 0 saturated heterocycles. The normalized spacial score (nSPS) is 10.7. The zero-order valence-corrected chi connectivity index (χ0v) is 17.8. The molecule has 2 heterocycles. The largest absolute Gasteiger partial charge is 0.411 e. The number of aromatic nitrogens is 3. The van der Waals surface area contributed by atoms with E-state index in [1.165, 1.54) is 23.5 Å². The van der Waals surface area contributed by atoms with E-state index in [9.17, 15) is 14.9 Å². The number of amides is 1. The molecule has 0 aliphatic rings. The summed E-state index contributed by atoms with van der Waals surface area (Å²) >= 11 is 2.41. The summed E-state index contributed by atoms with van der Waals surface area (Å²) in [4.78, 5) is 26.9. The minimum Gasteiger partial charge on any atom is -0.411 e. The summed E-state index contributed by atoms with van der Waals surface area (Å²) in [6.07, 6.45) is 0. The average molecular weight is 454 g/mol. The van der Waals surface area contributed by atoms with Gasteiger partial charge in [0.2, 0.25) is 11.8 Å². The third-order valence-electron chi connectivity index (χ3n) is 4.23. The van der Waals surface area contributed by atoms with Gasteiger partial charge in [0.05, 0.1) is 16.4 Å². The number of nitro benzene ring substituents is 1. The van der Waals surface area contributed by atoms with E-state index in [-0.39, 0.29) is 17.3 Å². The van der Waals surface area contributed by atoms with Crippen molar-refractivity contribution in [3.63, 3.8) is 0 Å². The molecule has 4 aromatic rings. The molecular formula is C20H15N5O4S2. The van der Waals surface area contributed by atoms with Crippen LogP contribution in [0.3, 0.4) is 0 Å². The lowest BCUT2D eigenvalue weighted by Gasteiger charge is -2.00. The number of nitrogens with zero attached hydrogens (tertiary/aromatic N) is 4. The molecule has 1 amide bonds. The summed E-state index contributed by atoms with van der Waals surface area (Å²) in [5.74, 6) is 0.237. The third kappa shape index (κ3) is 4.95. The molecule has 9 nitrogen and oxygen atoms in total. The number of hydrogen-bond acceptors (Lipinski definition) is 9. The molecule has 11 heteroatoms. The predicted molar refractivity (Wildman–Crippen MR) is 118 cm³/mol. The van der Waals surface area contributed by atoms with E-state index < -0.39 is 4.92 Å². The summed E-state index contributed by atoms with van der Waals surface area (Å²) in [7, 11) is 0. The summed E-state index contributed by atoms with van der Waals surface area (Å²) in [5, 5.41) is 24.0. The van der Waals surface area contributed by atoms with Crippen LogP contribution in [0, 0.1) is 17.0 Å². The molecular weight excluding hydrogens is 438 g/mol. The van der Waals surface area contributed by atoms with Crippen LogP contribution in [0.25, 0.3) is 22.7 Å². The van der Waals surface area contributed by atoms with Crippen LogP contribution in [-0.4, -0.2) is 31.8 Å². The van der Waals surface area contributed by atoms with Crippen LogP contribution in [0.2, 0.25) is 0 Å². The van der Waals surface area contributed by atoms with Crippen LogP contribution in [-0.2, 0) is 4.79 Å². The van der Waals surface area contributed by atoms with Gasteiger partial charge in [-0.15, -0.1) is 21.5 Å². The highest BCUT2D eigenvalue weighted by Gasteiger charge is 2.14. The minimum atomic E-state index is -0.457. The number of nitrogens with one attached hydrogen (secondary N) is 1. The average Bonchev–Trinajstić information content (AvgIpc) is 3.42. The Bertz CT molecular complexity index is 1240. The Morgan fingerprint density at radius 3 is 2.71 bits per heavy atom. The molecule has 2 aromatic carbocycles. The maximum atomic E-state index is 12.3. The second kappa shape index (κ2) is 9.06. The van der Waals surface area contributed by atoms with E-state index >= 15 is 0 Å². The number of anilines is 1. The maximum absolute atomic E-state index is 12.3. The highest BCUT2D eigenvalue weighted by molar-refractivity contribution is 7.99. The van der Waals surface area contributed by atoms with Crippen molar-refractivity contribution in [1.29, 1.82) is 0 Å². The fraction of sp³-hybridized carbons (Fsp3) is 0.100. The van der Waals surface area contributed by atoms with Gasteiger partial charge in [0, 0.05) is 28.6 Å². The van der Waals surface area contributed by atoms with Crippen molar-refractivity contribution in [3.8, 4) is 22.7 Å². The number of rotatable bonds is 7. The van der Waals surface area contributed by atoms with Gasteiger partial charge >= 0.3 is 0 Å². The van der Waals surface area contributed by atoms with Gasteiger partial charge < -0.3 is 9.73 Å². The summed E-state index contributed by atoms with van der Waals surface area (Å²) in [5.41, 5.74) is 3.24. The summed E-state index contributed by atoms with van der Waals surface area (Å²) in [6.45, 7) is 1.96. The van der Waals surface area contributed by atoms with Crippen LogP contribution >= 0.6 is 23.1 Å². The second-order valence-corrected chi connectivity index (χ2v) is 8.15. The highest BCUT2D eigenvalue weighted by atomic mass is 32.2. The van der Waals surface area contributed by atoms with Gasteiger partial charge in [-0.2, -0.15) is 0 Å². The van der Waals surface area contributed by atoms with Crippen molar-refractivity contribution in [3.05, 3.63) is 69.6 Å². The Hall–Kier alpha value is -3.57. The summed E-state index contributed by atoms with van der Waals surface area (Å²) < 4.78 is 5.64. The lowest BCUT2D eigenvalue weighted by Crippen LogP contribution is -2.13. The molecule has 0 aliphatic heterocycles. The van der Waals surface area contributed by atoms with Crippen molar-refractivity contribution >= 4 is 39.8 Å². The number of thioether (sulfide) groups is 1. The quantitative estimate of drug-likeness (QED) is 0.240. The van der Waals surface area contributed by atoms with Gasteiger partial charge in [-0.3, -0.25) is 14.9 Å². The molecule has 0 saturated carbocycles. The molecule has 0 atom stereocenters. The Morgan fingerprint density at radius 1 is 1.19 bits per heavy atom. The topological polar surface area (TPSA) is 124 Å². The first kappa shape index (κ1) is 20.7. The number of nitro groups is 1. The first-order valence-corrected chi connectivity index (χ1v) is 10.9. The first-order chi connectivity index (χ1) is 15.0. The Balaban J connectivity index is 1.34. The van der Waals surface area contributed by atoms with Crippen molar-refractivity contribution in [2.75, 3.05) is 11.1 Å². The van der Waals surface area contributed by atoms with Gasteiger partial charge in [0.15, 0.2) is 5.13 Å². The van der Waals surface area contributed by atoms with E-state index in [2.05, 4.69) is 20.5 Å². The minimum absolute atomic E-state index is 0.0103. The lowest BCUT2D eigenvalue weighted by molar-refractivity contribution is -0.384. The Labute approximate surface area is 184 Å². The number of carbonyl (C=O) groups excluding carboxylic acids is 1. The molecule has 0 unspecified atom stereocenters. The fourth-order valence-electron chi connectivity index (χ4n) is 2.69. The van der Waals surface area contributed by atoms with Gasteiger partial charge in [0.1, 0.15) is 0 Å². The Morgan fingerprint density at radius 2 is 1.97 bits per heavy atom. The number of aryl methyl sites for hydroxylation is 1. The van der Waals surface area contributed by atoms with Crippen LogP contribution < -0.4 is 5.32 Å². The zero-order chi connectivity index (χ0) is 21.8. The Kier molecular flexibility index (Phi) is 6.05. The molecule has 1 N–H and O–H groups in total. The van der Waals surface area contributed by atoms with Gasteiger partial charge in [-0.05, 0) is 30.7 Å². The third-order valence-corrected chi connectivity index (χ3v) is 5.81. The van der Waals surface area contributed by atoms with Crippen LogP contribution in [0.4, 0.5) is 10.8 Å².